The van der Waals surface area contributed by atoms with E-state index < -0.39 is 24.5 Å². The van der Waals surface area contributed by atoms with Crippen LogP contribution in [0.15, 0.2) is 78.9 Å². The Morgan fingerprint density at radius 3 is 1.90 bits per heavy atom. The number of benzene rings is 3. The molecule has 0 aliphatic heterocycles. The number of esters is 1. The molecule has 7 heteroatoms. The van der Waals surface area contributed by atoms with E-state index in [1.54, 1.807) is 48.5 Å². The quantitative estimate of drug-likeness (QED) is 0.392. The van der Waals surface area contributed by atoms with Crippen LogP contribution in [0.3, 0.4) is 0 Å². The van der Waals surface area contributed by atoms with Crippen LogP contribution in [0.5, 0.6) is 0 Å². The Morgan fingerprint density at radius 2 is 1.32 bits per heavy atom. The summed E-state index contributed by atoms with van der Waals surface area (Å²) in [7, 11) is 0. The number of halogens is 2. The number of amides is 1. The maximum atomic E-state index is 12.7. The van der Waals surface area contributed by atoms with Crippen LogP contribution in [0.2, 0.25) is 10.0 Å². The minimum Gasteiger partial charge on any atom is -0.456 e. The van der Waals surface area contributed by atoms with Crippen molar-refractivity contribution in [1.29, 1.82) is 0 Å². The number of Topliss-reactive ketones (excluding diaryl/α,β-unsaturated/α-hetero) is 1. The first-order valence-electron chi connectivity index (χ1n) is 9.48. The van der Waals surface area contributed by atoms with Gasteiger partial charge >= 0.3 is 5.97 Å². The van der Waals surface area contributed by atoms with Gasteiger partial charge in [-0.3, -0.25) is 9.59 Å². The highest BCUT2D eigenvalue weighted by atomic mass is 35.5. The molecule has 0 spiro atoms. The Hall–Kier alpha value is -3.15. The van der Waals surface area contributed by atoms with Gasteiger partial charge in [0.2, 0.25) is 0 Å². The second-order valence-corrected chi connectivity index (χ2v) is 7.63. The fraction of sp³-hybridized carbons (Fsp3) is 0.125. The van der Waals surface area contributed by atoms with Gasteiger partial charge in [0.05, 0.1) is 0 Å². The highest BCUT2D eigenvalue weighted by molar-refractivity contribution is 6.31. The van der Waals surface area contributed by atoms with Gasteiger partial charge in [-0.25, -0.2) is 4.79 Å². The van der Waals surface area contributed by atoms with Crippen LogP contribution in [0.1, 0.15) is 26.3 Å². The normalized spacial score (nSPS) is 11.4. The molecule has 0 aliphatic rings. The first-order valence-corrected chi connectivity index (χ1v) is 10.2. The van der Waals surface area contributed by atoms with Crippen molar-refractivity contribution in [1.82, 2.24) is 5.32 Å². The summed E-state index contributed by atoms with van der Waals surface area (Å²) in [5.74, 6) is -1.51. The summed E-state index contributed by atoms with van der Waals surface area (Å²) < 4.78 is 5.22. The van der Waals surface area contributed by atoms with Gasteiger partial charge in [-0.15, -0.1) is 0 Å². The lowest BCUT2D eigenvalue weighted by Gasteiger charge is -2.18. The largest absolute Gasteiger partial charge is 0.456 e. The van der Waals surface area contributed by atoms with Gasteiger partial charge < -0.3 is 10.1 Å². The van der Waals surface area contributed by atoms with Crippen molar-refractivity contribution < 1.29 is 19.1 Å². The molecule has 5 nitrogen and oxygen atoms in total. The van der Waals surface area contributed by atoms with E-state index >= 15 is 0 Å². The van der Waals surface area contributed by atoms with Gasteiger partial charge in [-0.1, -0.05) is 53.5 Å². The van der Waals surface area contributed by atoms with E-state index in [1.807, 2.05) is 30.3 Å². The fourth-order valence-corrected chi connectivity index (χ4v) is 3.09. The zero-order valence-corrected chi connectivity index (χ0v) is 17.9. The van der Waals surface area contributed by atoms with E-state index in [-0.39, 0.29) is 12.2 Å². The van der Waals surface area contributed by atoms with Gasteiger partial charge in [-0.05, 0) is 54.1 Å². The van der Waals surface area contributed by atoms with Gasteiger partial charge in [0.1, 0.15) is 6.04 Å². The fourth-order valence-electron chi connectivity index (χ4n) is 2.84. The summed E-state index contributed by atoms with van der Waals surface area (Å²) in [5.41, 5.74) is 1.57. The summed E-state index contributed by atoms with van der Waals surface area (Å²) in [5, 5.41) is 3.69. The molecule has 0 unspecified atom stereocenters. The van der Waals surface area contributed by atoms with Crippen LogP contribution in [0.25, 0.3) is 0 Å². The molecule has 3 aromatic rings. The van der Waals surface area contributed by atoms with E-state index in [4.69, 9.17) is 27.9 Å². The minimum absolute atomic E-state index is 0.216. The monoisotopic (exact) mass is 455 g/mol. The summed E-state index contributed by atoms with van der Waals surface area (Å²) in [6, 6.07) is 20.8. The van der Waals surface area contributed by atoms with Crippen LogP contribution in [-0.4, -0.2) is 30.3 Å². The maximum Gasteiger partial charge on any atom is 0.329 e. The van der Waals surface area contributed by atoms with Crippen molar-refractivity contribution in [3.05, 3.63) is 106 Å². The molecule has 158 valence electrons. The average molecular weight is 456 g/mol. The molecule has 1 amide bonds. The van der Waals surface area contributed by atoms with Crippen molar-refractivity contribution in [3.63, 3.8) is 0 Å². The lowest BCUT2D eigenvalue weighted by Crippen LogP contribution is -2.43. The summed E-state index contributed by atoms with van der Waals surface area (Å²) in [6.45, 7) is -0.442. The second kappa shape index (κ2) is 10.8. The van der Waals surface area contributed by atoms with Crippen LogP contribution in [0.4, 0.5) is 0 Å². The Labute approximate surface area is 189 Å². The highest BCUT2D eigenvalue weighted by Gasteiger charge is 2.24. The summed E-state index contributed by atoms with van der Waals surface area (Å²) in [6.07, 6.45) is 0.216. The minimum atomic E-state index is -0.969. The predicted octanol–water partition coefficient (Wildman–Crippen LogP) is 4.76. The number of hydrogen-bond acceptors (Lipinski definition) is 4. The molecule has 1 N–H and O–H groups in total. The number of carbonyl (C=O) groups excluding carboxylic acids is 3. The Kier molecular flexibility index (Phi) is 7.82. The van der Waals surface area contributed by atoms with E-state index in [9.17, 15) is 14.4 Å². The first-order chi connectivity index (χ1) is 14.9. The third kappa shape index (κ3) is 6.67. The van der Waals surface area contributed by atoms with E-state index in [2.05, 4.69) is 5.32 Å². The number of ketones is 1. The Balaban J connectivity index is 1.69. The van der Waals surface area contributed by atoms with Gasteiger partial charge in [0.15, 0.2) is 12.4 Å². The summed E-state index contributed by atoms with van der Waals surface area (Å²) in [4.78, 5) is 37.6. The predicted molar refractivity (Wildman–Crippen MR) is 120 cm³/mol. The van der Waals surface area contributed by atoms with Gasteiger partial charge in [0, 0.05) is 27.6 Å². The molecule has 0 saturated carbocycles. The lowest BCUT2D eigenvalue weighted by atomic mass is 10.1. The van der Waals surface area contributed by atoms with Crippen LogP contribution in [0, 0.1) is 0 Å². The maximum absolute atomic E-state index is 12.7. The molecule has 3 aromatic carbocycles. The van der Waals surface area contributed by atoms with Crippen molar-refractivity contribution in [3.8, 4) is 0 Å². The molecular formula is C24H19Cl2NO4. The van der Waals surface area contributed by atoms with E-state index in [0.29, 0.717) is 21.2 Å². The number of nitrogens with one attached hydrogen (secondary N) is 1. The van der Waals surface area contributed by atoms with Crippen molar-refractivity contribution in [2.75, 3.05) is 6.61 Å². The zero-order valence-electron chi connectivity index (χ0n) is 16.4. The molecule has 0 saturated heterocycles. The second-order valence-electron chi connectivity index (χ2n) is 6.76. The average Bonchev–Trinajstić information content (AvgIpc) is 2.78. The topological polar surface area (TPSA) is 72.5 Å². The number of carbonyl (C=O) groups is 3. The van der Waals surface area contributed by atoms with Crippen molar-refractivity contribution in [2.24, 2.45) is 0 Å². The molecule has 0 aromatic heterocycles. The number of ether oxygens (including phenoxy) is 1. The zero-order chi connectivity index (χ0) is 22.2. The van der Waals surface area contributed by atoms with E-state index in [1.165, 1.54) is 0 Å². The first kappa shape index (κ1) is 22.5. The smallest absolute Gasteiger partial charge is 0.329 e. The SMILES string of the molecule is O=C(COC(=O)[C@@H](Cc1ccccc1)NC(=O)c1ccc(Cl)cc1)c1ccc(Cl)cc1. The molecule has 3 rings (SSSR count). The van der Waals surface area contributed by atoms with Crippen LogP contribution < -0.4 is 5.32 Å². The van der Waals surface area contributed by atoms with Crippen LogP contribution in [-0.2, 0) is 16.0 Å². The third-order valence-corrected chi connectivity index (χ3v) is 4.99. The van der Waals surface area contributed by atoms with Gasteiger partial charge in [-0.2, -0.15) is 0 Å². The molecule has 0 radical (unpaired) electrons. The van der Waals surface area contributed by atoms with Gasteiger partial charge in [0.25, 0.3) is 5.91 Å². The van der Waals surface area contributed by atoms with Crippen LogP contribution >= 0.6 is 23.2 Å². The van der Waals surface area contributed by atoms with Crippen molar-refractivity contribution in [2.45, 2.75) is 12.5 Å². The Bertz CT molecular complexity index is 1050. The highest BCUT2D eigenvalue weighted by Crippen LogP contribution is 2.12. The molecule has 0 heterocycles. The number of hydrogen-bond donors (Lipinski definition) is 1. The lowest BCUT2D eigenvalue weighted by molar-refractivity contribution is -0.144. The Morgan fingerprint density at radius 1 is 0.774 bits per heavy atom. The third-order valence-electron chi connectivity index (χ3n) is 4.49. The molecule has 31 heavy (non-hydrogen) atoms. The van der Waals surface area contributed by atoms with E-state index in [0.717, 1.165) is 5.56 Å². The molecule has 0 aliphatic carbocycles. The van der Waals surface area contributed by atoms with Crippen molar-refractivity contribution >= 4 is 40.9 Å². The molecule has 1 atom stereocenters. The summed E-state index contributed by atoms with van der Waals surface area (Å²) >= 11 is 11.7. The number of rotatable bonds is 8. The standard InChI is InChI=1S/C24H19Cl2NO4/c25-19-10-6-17(7-11-19)22(28)15-31-24(30)21(14-16-4-2-1-3-5-16)27-23(29)18-8-12-20(26)13-9-18/h1-13,21H,14-15H2,(H,27,29)/t21-/m1/s1. The molecule has 0 fully saturated rings. The molecular weight excluding hydrogens is 437 g/mol. The molecule has 0 bridgehead atoms.